The predicted octanol–water partition coefficient (Wildman–Crippen LogP) is 5.18. The number of rotatable bonds is 7. The highest BCUT2D eigenvalue weighted by molar-refractivity contribution is 5.75. The molecule has 0 radical (unpaired) electrons. The summed E-state index contributed by atoms with van der Waals surface area (Å²) in [6.07, 6.45) is 1.59. The Kier molecular flexibility index (Phi) is 6.65. The summed E-state index contributed by atoms with van der Waals surface area (Å²) in [6.45, 7) is 15.5. The van der Waals surface area contributed by atoms with Gasteiger partial charge in [-0.1, -0.05) is 53.7 Å². The molecule has 0 aliphatic rings. The molecule has 1 atom stereocenters. The highest BCUT2D eigenvalue weighted by Gasteiger charge is 2.20. The predicted molar refractivity (Wildman–Crippen MR) is 93.6 cm³/mol. The monoisotopic (exact) mass is 304 g/mol. The molecule has 0 bridgehead atoms. The minimum absolute atomic E-state index is 0.0478. The van der Waals surface area contributed by atoms with E-state index in [1.54, 1.807) is 6.92 Å². The molecule has 1 aromatic rings. The molecule has 22 heavy (non-hydrogen) atoms. The first-order valence-electron chi connectivity index (χ1n) is 8.35. The van der Waals surface area contributed by atoms with Crippen LogP contribution in [0.2, 0.25) is 0 Å². The lowest BCUT2D eigenvalue weighted by Crippen LogP contribution is -2.16. The molecule has 0 spiro atoms. The van der Waals surface area contributed by atoms with Crippen molar-refractivity contribution in [2.45, 2.75) is 66.7 Å². The summed E-state index contributed by atoms with van der Waals surface area (Å²) in [5, 5.41) is 0. The molecule has 0 saturated carbocycles. The van der Waals surface area contributed by atoms with Gasteiger partial charge in [0.15, 0.2) is 0 Å². The molecule has 124 valence electrons. The fourth-order valence-electron chi connectivity index (χ4n) is 2.64. The molecule has 0 saturated heterocycles. The second-order valence-corrected chi connectivity index (χ2v) is 8.00. The summed E-state index contributed by atoms with van der Waals surface area (Å²) in [7, 11) is 0. The van der Waals surface area contributed by atoms with Gasteiger partial charge in [-0.15, -0.1) is 0 Å². The van der Waals surface area contributed by atoms with Gasteiger partial charge in [-0.05, 0) is 47.8 Å². The Morgan fingerprint density at radius 3 is 2.32 bits per heavy atom. The molecular weight excluding hydrogens is 272 g/mol. The van der Waals surface area contributed by atoms with Gasteiger partial charge in [0.25, 0.3) is 0 Å². The van der Waals surface area contributed by atoms with Crippen molar-refractivity contribution in [2.24, 2.45) is 11.8 Å². The zero-order chi connectivity index (χ0) is 16.9. The van der Waals surface area contributed by atoms with Crippen LogP contribution in [0.15, 0.2) is 18.2 Å². The topological polar surface area (TPSA) is 26.3 Å². The van der Waals surface area contributed by atoms with E-state index in [0.717, 1.165) is 18.8 Å². The number of benzene rings is 1. The first-order chi connectivity index (χ1) is 10.1. The van der Waals surface area contributed by atoms with E-state index in [0.29, 0.717) is 18.3 Å². The van der Waals surface area contributed by atoms with Crippen LogP contribution in [0.1, 0.15) is 66.0 Å². The molecule has 1 aromatic carbocycles. The summed E-state index contributed by atoms with van der Waals surface area (Å²) in [6, 6.07) is 6.49. The van der Waals surface area contributed by atoms with E-state index in [2.05, 4.69) is 59.7 Å². The number of ketones is 1. The largest absolute Gasteiger partial charge is 0.493 e. The maximum Gasteiger partial charge on any atom is 0.130 e. The molecule has 0 aliphatic carbocycles. The summed E-state index contributed by atoms with van der Waals surface area (Å²) in [4.78, 5) is 11.3. The average molecular weight is 304 g/mol. The van der Waals surface area contributed by atoms with Gasteiger partial charge in [-0.2, -0.15) is 0 Å². The van der Waals surface area contributed by atoms with Gasteiger partial charge in [0.1, 0.15) is 11.5 Å². The van der Waals surface area contributed by atoms with Crippen molar-refractivity contribution in [3.05, 3.63) is 29.3 Å². The van der Waals surface area contributed by atoms with Gasteiger partial charge in [0.2, 0.25) is 0 Å². The first-order valence-corrected chi connectivity index (χ1v) is 8.35. The number of carbonyl (C=O) groups excluding carboxylic acids is 1. The third kappa shape index (κ3) is 6.21. The Morgan fingerprint density at radius 1 is 1.18 bits per heavy atom. The van der Waals surface area contributed by atoms with E-state index in [9.17, 15) is 4.79 Å². The Balaban J connectivity index is 2.97. The molecule has 0 fully saturated rings. The van der Waals surface area contributed by atoms with Crippen molar-refractivity contribution in [2.75, 3.05) is 6.61 Å². The summed E-state index contributed by atoms with van der Waals surface area (Å²) >= 11 is 0. The zero-order valence-electron chi connectivity index (χ0n) is 15.3. The number of hydrogen-bond donors (Lipinski definition) is 0. The summed E-state index contributed by atoms with van der Waals surface area (Å²) in [5.41, 5.74) is 2.59. The molecule has 0 amide bonds. The van der Waals surface area contributed by atoms with Crippen LogP contribution in [-0.4, -0.2) is 12.4 Å². The van der Waals surface area contributed by atoms with Crippen LogP contribution in [0.5, 0.6) is 5.75 Å². The lowest BCUT2D eigenvalue weighted by molar-refractivity contribution is -0.117. The van der Waals surface area contributed by atoms with Crippen molar-refractivity contribution in [1.29, 1.82) is 0 Å². The number of carbonyl (C=O) groups is 1. The van der Waals surface area contributed by atoms with Gasteiger partial charge in [-0.25, -0.2) is 0 Å². The average Bonchev–Trinajstić information content (AvgIpc) is 2.34. The maximum absolute atomic E-state index is 11.3. The van der Waals surface area contributed by atoms with Crippen molar-refractivity contribution < 1.29 is 9.53 Å². The van der Waals surface area contributed by atoms with Crippen LogP contribution < -0.4 is 4.74 Å². The van der Waals surface area contributed by atoms with Crippen molar-refractivity contribution in [3.8, 4) is 5.75 Å². The van der Waals surface area contributed by atoms with Crippen molar-refractivity contribution in [3.63, 3.8) is 0 Å². The third-order valence-corrected chi connectivity index (χ3v) is 3.64. The van der Waals surface area contributed by atoms with E-state index in [4.69, 9.17) is 4.74 Å². The van der Waals surface area contributed by atoms with Gasteiger partial charge >= 0.3 is 0 Å². The van der Waals surface area contributed by atoms with Gasteiger partial charge in [0.05, 0.1) is 6.61 Å². The van der Waals surface area contributed by atoms with Gasteiger partial charge in [-0.3, -0.25) is 0 Å². The van der Waals surface area contributed by atoms with E-state index >= 15 is 0 Å². The quantitative estimate of drug-likeness (QED) is 0.694. The van der Waals surface area contributed by atoms with Crippen LogP contribution in [0.4, 0.5) is 0 Å². The number of ether oxygens (including phenoxy) is 1. The van der Waals surface area contributed by atoms with E-state index in [-0.39, 0.29) is 11.2 Å². The summed E-state index contributed by atoms with van der Waals surface area (Å²) < 4.78 is 6.00. The molecule has 0 aliphatic heterocycles. The molecular formula is C20H32O2. The molecule has 2 heteroatoms. The minimum atomic E-state index is 0.0478. The standard InChI is InChI=1S/C20H32O2/c1-14(2)13-22-19-9-8-17(11-15(3)10-16(4)21)12-18(19)20(5,6)7/h8-9,12,14-15H,10-11,13H2,1-7H3. The molecule has 1 rings (SSSR count). The highest BCUT2D eigenvalue weighted by Crippen LogP contribution is 2.33. The highest BCUT2D eigenvalue weighted by atomic mass is 16.5. The lowest BCUT2D eigenvalue weighted by atomic mass is 9.84. The normalized spacial score (nSPS) is 13.3. The smallest absolute Gasteiger partial charge is 0.130 e. The minimum Gasteiger partial charge on any atom is -0.493 e. The van der Waals surface area contributed by atoms with Crippen LogP contribution in [-0.2, 0) is 16.6 Å². The van der Waals surface area contributed by atoms with Gasteiger partial charge in [0, 0.05) is 6.42 Å². The van der Waals surface area contributed by atoms with Crippen LogP contribution >= 0.6 is 0 Å². The van der Waals surface area contributed by atoms with Crippen LogP contribution in [0, 0.1) is 11.8 Å². The Morgan fingerprint density at radius 2 is 1.82 bits per heavy atom. The van der Waals surface area contributed by atoms with E-state index < -0.39 is 0 Å². The Hall–Kier alpha value is -1.31. The first kappa shape index (κ1) is 18.7. The van der Waals surface area contributed by atoms with Crippen LogP contribution in [0.3, 0.4) is 0 Å². The zero-order valence-corrected chi connectivity index (χ0v) is 15.3. The Bertz CT molecular complexity index is 495. The Labute approximate surface area is 136 Å². The number of hydrogen-bond acceptors (Lipinski definition) is 2. The molecule has 0 heterocycles. The molecule has 0 aromatic heterocycles. The lowest BCUT2D eigenvalue weighted by Gasteiger charge is -2.25. The fourth-order valence-corrected chi connectivity index (χ4v) is 2.64. The van der Waals surface area contributed by atoms with Crippen molar-refractivity contribution in [1.82, 2.24) is 0 Å². The second kappa shape index (κ2) is 7.80. The van der Waals surface area contributed by atoms with E-state index in [1.165, 1.54) is 11.1 Å². The third-order valence-electron chi connectivity index (χ3n) is 3.64. The molecule has 2 nitrogen and oxygen atoms in total. The van der Waals surface area contributed by atoms with Crippen LogP contribution in [0.25, 0.3) is 0 Å². The number of Topliss-reactive ketones (excluding diaryl/α,β-unsaturated/α-hetero) is 1. The molecule has 1 unspecified atom stereocenters. The SMILES string of the molecule is CC(=O)CC(C)Cc1ccc(OCC(C)C)c(C(C)(C)C)c1. The fraction of sp³-hybridized carbons (Fsp3) is 0.650. The molecule has 0 N–H and O–H groups in total. The van der Waals surface area contributed by atoms with Gasteiger partial charge < -0.3 is 9.53 Å². The maximum atomic E-state index is 11.3. The van der Waals surface area contributed by atoms with Crippen molar-refractivity contribution >= 4 is 5.78 Å². The summed E-state index contributed by atoms with van der Waals surface area (Å²) in [5.74, 6) is 2.15. The van der Waals surface area contributed by atoms with E-state index in [1.807, 2.05) is 0 Å². The second-order valence-electron chi connectivity index (χ2n) is 8.00.